The van der Waals surface area contributed by atoms with Gasteiger partial charge >= 0.3 is 11.4 Å². The van der Waals surface area contributed by atoms with E-state index in [0.717, 1.165) is 20.3 Å². The van der Waals surface area contributed by atoms with Crippen molar-refractivity contribution in [1.29, 1.82) is 0 Å². The standard InChI is InChI=1S/C13H11ClN4O2.C13H14ClN3O2.C4H10O3/c1-17-12(19)10-11(16-13(17)20)15-7-18(10)6-8-2-4-9(14)5-3-8;1-17-12(18)10(11(15)16-13(17)19)7-4-8-2-5-9(14)6-3-8;1-5-4(6-2)7-3/h2-5,7H,6H2,1H3,(H,16,20);2-3,5-6H,4,7,15H2,1H3,(H,16,19);4H,1-3H3. The minimum Gasteiger partial charge on any atom is -0.385 e. The number of ether oxygens (including phenoxy) is 3. The molecule has 3 heterocycles. The molecule has 0 amide bonds. The van der Waals surface area contributed by atoms with Crippen molar-refractivity contribution in [3.05, 3.63) is 123 Å². The van der Waals surface area contributed by atoms with Crippen molar-refractivity contribution < 1.29 is 14.2 Å². The molecule has 2 aromatic carbocycles. The molecule has 0 aliphatic heterocycles. The number of H-pyrrole nitrogens is 2. The van der Waals surface area contributed by atoms with E-state index in [4.69, 9.17) is 28.9 Å². The van der Waals surface area contributed by atoms with Gasteiger partial charge in [-0.1, -0.05) is 47.5 Å². The number of anilines is 1. The zero-order valence-electron chi connectivity index (χ0n) is 25.9. The van der Waals surface area contributed by atoms with Crippen LogP contribution in [0.15, 0.2) is 74.0 Å². The predicted molar refractivity (Wildman–Crippen MR) is 177 cm³/mol. The molecule has 5 rings (SSSR count). The van der Waals surface area contributed by atoms with Crippen molar-refractivity contribution in [3.63, 3.8) is 0 Å². The van der Waals surface area contributed by atoms with Crippen LogP contribution in [-0.4, -0.2) is 56.5 Å². The minimum atomic E-state index is -0.514. The highest BCUT2D eigenvalue weighted by Crippen LogP contribution is 2.13. The molecule has 0 bridgehead atoms. The number of aromatic amines is 2. The molecule has 5 aromatic rings. The topological polar surface area (TPSA) is 181 Å². The Balaban J connectivity index is 0.000000209. The maximum atomic E-state index is 12.1. The van der Waals surface area contributed by atoms with Crippen LogP contribution in [0.4, 0.5) is 5.82 Å². The molecular formula is C30H35Cl2N7O7. The van der Waals surface area contributed by atoms with Gasteiger partial charge in [-0.3, -0.25) is 28.7 Å². The number of hydrogen-bond acceptors (Lipinski definition) is 9. The van der Waals surface area contributed by atoms with Gasteiger partial charge < -0.3 is 24.5 Å². The first-order valence-electron chi connectivity index (χ1n) is 13.7. The molecule has 0 atom stereocenters. The Hall–Kier alpha value is -4.47. The molecule has 3 aromatic heterocycles. The Morgan fingerprint density at radius 3 is 1.78 bits per heavy atom. The number of nitrogens with zero attached hydrogens (tertiary/aromatic N) is 4. The molecule has 246 valence electrons. The molecule has 0 spiro atoms. The first-order valence-corrected chi connectivity index (χ1v) is 14.4. The number of nitrogens with one attached hydrogen (secondary N) is 2. The summed E-state index contributed by atoms with van der Waals surface area (Å²) in [6.45, 7) is -0.0328. The molecule has 16 heteroatoms. The fourth-order valence-electron chi connectivity index (χ4n) is 4.18. The second-order valence-electron chi connectivity index (χ2n) is 9.80. The lowest BCUT2D eigenvalue weighted by Crippen LogP contribution is -2.36. The average molecular weight is 677 g/mol. The van der Waals surface area contributed by atoms with E-state index in [1.54, 1.807) is 28.8 Å². The third-order valence-electron chi connectivity index (χ3n) is 6.73. The Kier molecular flexibility index (Phi) is 13.1. The average Bonchev–Trinajstić information content (AvgIpc) is 3.44. The predicted octanol–water partition coefficient (Wildman–Crippen LogP) is 2.43. The van der Waals surface area contributed by atoms with Gasteiger partial charge in [-0.25, -0.2) is 14.6 Å². The first-order chi connectivity index (χ1) is 21.9. The number of nitrogens with two attached hydrogens (primary N) is 1. The summed E-state index contributed by atoms with van der Waals surface area (Å²) in [4.78, 5) is 56.0. The fourth-order valence-corrected chi connectivity index (χ4v) is 4.43. The van der Waals surface area contributed by atoms with Crippen LogP contribution in [0.5, 0.6) is 0 Å². The first kappa shape index (κ1) is 36.0. The van der Waals surface area contributed by atoms with Gasteiger partial charge in [0.05, 0.1) is 11.9 Å². The van der Waals surface area contributed by atoms with Crippen molar-refractivity contribution in [2.24, 2.45) is 14.1 Å². The quantitative estimate of drug-likeness (QED) is 0.208. The Labute approximate surface area is 272 Å². The minimum absolute atomic E-state index is 0.141. The van der Waals surface area contributed by atoms with E-state index in [-0.39, 0.29) is 16.9 Å². The molecule has 0 radical (unpaired) electrons. The van der Waals surface area contributed by atoms with E-state index in [1.165, 1.54) is 41.8 Å². The normalized spacial score (nSPS) is 10.8. The lowest BCUT2D eigenvalue weighted by molar-refractivity contribution is -0.252. The summed E-state index contributed by atoms with van der Waals surface area (Å²) in [6, 6.07) is 14.7. The third kappa shape index (κ3) is 9.28. The monoisotopic (exact) mass is 675 g/mol. The van der Waals surface area contributed by atoms with Crippen LogP contribution < -0.4 is 28.2 Å². The Morgan fingerprint density at radius 1 is 0.761 bits per heavy atom. The van der Waals surface area contributed by atoms with Crippen LogP contribution in [0, 0.1) is 0 Å². The summed E-state index contributed by atoms with van der Waals surface area (Å²) >= 11 is 11.6. The van der Waals surface area contributed by atoms with Crippen LogP contribution in [0.2, 0.25) is 10.0 Å². The van der Waals surface area contributed by atoms with E-state index in [0.29, 0.717) is 46.2 Å². The van der Waals surface area contributed by atoms with Crippen LogP contribution in [0.25, 0.3) is 11.2 Å². The van der Waals surface area contributed by atoms with Gasteiger partial charge in [0.15, 0.2) is 11.2 Å². The number of imidazole rings is 1. The van der Waals surface area contributed by atoms with Gasteiger partial charge in [-0.2, -0.15) is 0 Å². The highest BCUT2D eigenvalue weighted by molar-refractivity contribution is 6.30. The van der Waals surface area contributed by atoms with E-state index < -0.39 is 17.9 Å². The zero-order chi connectivity index (χ0) is 34.0. The van der Waals surface area contributed by atoms with E-state index >= 15 is 0 Å². The van der Waals surface area contributed by atoms with Crippen LogP contribution in [0.1, 0.15) is 16.7 Å². The lowest BCUT2D eigenvalue weighted by atomic mass is 10.1. The summed E-state index contributed by atoms with van der Waals surface area (Å²) in [5.41, 5.74) is 7.14. The summed E-state index contributed by atoms with van der Waals surface area (Å²) in [7, 11) is 7.39. The summed E-state index contributed by atoms with van der Waals surface area (Å²) in [5, 5.41) is 1.33. The van der Waals surface area contributed by atoms with Gasteiger partial charge in [0, 0.05) is 52.0 Å². The number of halogens is 2. The molecule has 0 aliphatic rings. The molecule has 0 saturated carbocycles. The third-order valence-corrected chi connectivity index (χ3v) is 7.23. The number of hydrogen-bond donors (Lipinski definition) is 3. The maximum absolute atomic E-state index is 12.1. The molecule has 4 N–H and O–H groups in total. The number of methoxy groups -OCH3 is 3. The molecular weight excluding hydrogens is 641 g/mol. The molecule has 14 nitrogen and oxygen atoms in total. The Morgan fingerprint density at radius 2 is 1.26 bits per heavy atom. The summed E-state index contributed by atoms with van der Waals surface area (Å²) in [5.74, 6) is 0.141. The van der Waals surface area contributed by atoms with Crippen LogP contribution >= 0.6 is 23.2 Å². The molecule has 0 aliphatic carbocycles. The SMILES string of the molecule is COC(OC)OC.Cn1c(=O)[nH]c(N)c(CCc2ccc(Cl)cc2)c1=O.Cn1c(=O)[nH]c2ncn(Cc3ccc(Cl)cc3)c2c1=O. The summed E-state index contributed by atoms with van der Waals surface area (Å²) in [6.07, 6.45) is 2.66. The number of aromatic nitrogens is 6. The maximum Gasteiger partial charge on any atom is 0.329 e. The van der Waals surface area contributed by atoms with Crippen molar-refractivity contribution in [3.8, 4) is 0 Å². The van der Waals surface area contributed by atoms with Gasteiger partial charge in [0.1, 0.15) is 5.82 Å². The van der Waals surface area contributed by atoms with E-state index in [2.05, 4.69) is 29.2 Å². The second kappa shape index (κ2) is 16.7. The van der Waals surface area contributed by atoms with Gasteiger partial charge in [0.25, 0.3) is 17.6 Å². The fraction of sp³-hybridized carbons (Fsp3) is 0.300. The van der Waals surface area contributed by atoms with Crippen LogP contribution in [0.3, 0.4) is 0 Å². The lowest BCUT2D eigenvalue weighted by Gasteiger charge is -2.08. The second-order valence-corrected chi connectivity index (χ2v) is 10.7. The van der Waals surface area contributed by atoms with Gasteiger partial charge in [-0.15, -0.1) is 0 Å². The van der Waals surface area contributed by atoms with Gasteiger partial charge in [0.2, 0.25) is 0 Å². The number of benzene rings is 2. The highest BCUT2D eigenvalue weighted by Gasteiger charge is 2.12. The van der Waals surface area contributed by atoms with Crippen molar-refractivity contribution in [2.45, 2.75) is 25.9 Å². The highest BCUT2D eigenvalue weighted by atomic mass is 35.5. The number of rotatable bonds is 8. The molecule has 0 saturated heterocycles. The molecule has 0 fully saturated rings. The molecule has 46 heavy (non-hydrogen) atoms. The molecule has 0 unspecified atom stereocenters. The van der Waals surface area contributed by atoms with Gasteiger partial charge in [-0.05, 0) is 48.2 Å². The Bertz CT molecular complexity index is 1970. The zero-order valence-corrected chi connectivity index (χ0v) is 27.4. The van der Waals surface area contributed by atoms with Crippen molar-refractivity contribution >= 4 is 40.2 Å². The number of fused-ring (bicyclic) bond motifs is 1. The van der Waals surface area contributed by atoms with Crippen molar-refractivity contribution in [1.82, 2.24) is 28.7 Å². The van der Waals surface area contributed by atoms with Crippen LogP contribution in [-0.2, 0) is 47.7 Å². The van der Waals surface area contributed by atoms with Crippen molar-refractivity contribution in [2.75, 3.05) is 27.1 Å². The smallest absolute Gasteiger partial charge is 0.329 e. The summed E-state index contributed by atoms with van der Waals surface area (Å²) < 4.78 is 17.6. The van der Waals surface area contributed by atoms with E-state index in [1.807, 2.05) is 24.3 Å². The number of aryl methyl sites for hydroxylation is 1. The number of nitrogen functional groups attached to an aromatic ring is 1. The largest absolute Gasteiger partial charge is 0.385 e. The van der Waals surface area contributed by atoms with E-state index in [9.17, 15) is 19.2 Å².